The van der Waals surface area contributed by atoms with Crippen LogP contribution in [0.15, 0.2) is 43.1 Å². The van der Waals surface area contributed by atoms with E-state index in [2.05, 4.69) is 45.4 Å². The van der Waals surface area contributed by atoms with Crippen molar-refractivity contribution in [3.05, 3.63) is 48.7 Å². The first-order valence-corrected chi connectivity index (χ1v) is 18.7. The van der Waals surface area contributed by atoms with Crippen LogP contribution >= 0.6 is 15.9 Å². The van der Waals surface area contributed by atoms with Crippen LogP contribution in [0.4, 0.5) is 0 Å². The standard InChI is InChI=1S/C20H24N2O2.C9H17BrO2.C9H18O3.CH4/c1-3-13-12-22-9-7-14(13)10-19(22)20(23)16-6-8-21-18-5-4-15(24-2)11-17(16)18;2*1-3-5-6-9(4-2,7-10)8(11)12;/h3-6,8,11,13-14,19-20,23H,1,7,9-10,12H2,2H3;3-7H2,1-2H3,(H,11,12);10H,3-7H2,1-2H3,(H,11,12);1H4/t13?,14?,19?,20-;2*9-;/m011./s1. The summed E-state index contributed by atoms with van der Waals surface area (Å²) < 4.78 is 5.35. The zero-order valence-corrected chi connectivity index (χ0v) is 31.3. The Morgan fingerprint density at radius 2 is 1.69 bits per heavy atom. The van der Waals surface area contributed by atoms with E-state index in [-0.39, 0.29) is 20.1 Å². The number of unbranched alkanes of at least 4 members (excludes halogenated alkanes) is 2. The lowest BCUT2D eigenvalue weighted by Crippen LogP contribution is -2.54. The van der Waals surface area contributed by atoms with Crippen LogP contribution in [-0.2, 0) is 9.59 Å². The summed E-state index contributed by atoms with van der Waals surface area (Å²) in [5, 5.41) is 39.6. The highest BCUT2D eigenvalue weighted by atomic mass is 79.9. The highest BCUT2D eigenvalue weighted by Crippen LogP contribution is 2.42. The van der Waals surface area contributed by atoms with Crippen LogP contribution in [0, 0.1) is 22.7 Å². The summed E-state index contributed by atoms with van der Waals surface area (Å²) in [4.78, 5) is 28.6. The first kappa shape index (κ1) is 44.5. The number of methoxy groups -OCH3 is 1. The van der Waals surface area contributed by atoms with Crippen LogP contribution in [0.2, 0.25) is 0 Å². The summed E-state index contributed by atoms with van der Waals surface area (Å²) >= 11 is 3.28. The highest BCUT2D eigenvalue weighted by Gasteiger charge is 2.42. The first-order valence-electron chi connectivity index (χ1n) is 17.6. The van der Waals surface area contributed by atoms with Crippen LogP contribution in [0.3, 0.4) is 0 Å². The van der Waals surface area contributed by atoms with E-state index in [1.165, 1.54) is 6.42 Å². The van der Waals surface area contributed by atoms with E-state index in [9.17, 15) is 14.7 Å². The van der Waals surface area contributed by atoms with Gasteiger partial charge in [0.25, 0.3) is 0 Å². The Morgan fingerprint density at radius 1 is 1.08 bits per heavy atom. The number of carboxylic acid groups (broad SMARTS) is 2. The van der Waals surface area contributed by atoms with Gasteiger partial charge in [-0.05, 0) is 86.7 Å². The van der Waals surface area contributed by atoms with Crippen molar-refractivity contribution in [2.24, 2.45) is 22.7 Å². The number of aliphatic hydroxyl groups excluding tert-OH is 2. The van der Waals surface area contributed by atoms with Crippen LogP contribution < -0.4 is 4.74 Å². The highest BCUT2D eigenvalue weighted by molar-refractivity contribution is 9.09. The molecule has 278 valence electrons. The minimum atomic E-state index is -0.893. The van der Waals surface area contributed by atoms with E-state index < -0.39 is 28.9 Å². The number of piperidine rings is 3. The molecule has 3 saturated heterocycles. The first-order chi connectivity index (χ1) is 23.0. The number of carboxylic acids is 2. The number of carbonyl (C=O) groups is 2. The maximum absolute atomic E-state index is 11.2. The number of halogens is 1. The molecule has 3 aliphatic heterocycles. The van der Waals surface area contributed by atoms with E-state index in [4.69, 9.17) is 20.1 Å². The van der Waals surface area contributed by atoms with Gasteiger partial charge in [-0.2, -0.15) is 0 Å². The number of hydrogen-bond donors (Lipinski definition) is 4. The van der Waals surface area contributed by atoms with Crippen molar-refractivity contribution in [2.75, 3.05) is 32.1 Å². The summed E-state index contributed by atoms with van der Waals surface area (Å²) in [6.45, 7) is 13.7. The molecule has 9 nitrogen and oxygen atoms in total. The third kappa shape index (κ3) is 11.2. The number of aromatic nitrogens is 1. The third-order valence-electron chi connectivity index (χ3n) is 10.7. The van der Waals surface area contributed by atoms with E-state index in [1.807, 2.05) is 38.1 Å². The normalized spacial score (nSPS) is 22.4. The number of alkyl halides is 1. The fourth-order valence-corrected chi connectivity index (χ4v) is 7.74. The number of nitrogens with zero attached hydrogens (tertiary/aromatic N) is 2. The second-order valence-electron chi connectivity index (χ2n) is 13.4. The van der Waals surface area contributed by atoms with Gasteiger partial charge in [0.05, 0.1) is 36.2 Å². The molecule has 0 aliphatic carbocycles. The number of ether oxygens (including phenoxy) is 1. The zero-order valence-electron chi connectivity index (χ0n) is 29.7. The molecule has 2 bridgehead atoms. The molecule has 49 heavy (non-hydrogen) atoms. The number of aliphatic hydroxyl groups is 2. The van der Waals surface area contributed by atoms with Crippen LogP contribution in [0.25, 0.3) is 10.9 Å². The van der Waals surface area contributed by atoms with E-state index in [0.29, 0.717) is 36.4 Å². The molecule has 4 unspecified atom stereocenters. The van der Waals surface area contributed by atoms with Crippen molar-refractivity contribution in [3.8, 4) is 5.75 Å². The smallest absolute Gasteiger partial charge is 0.311 e. The molecule has 7 atom stereocenters. The van der Waals surface area contributed by atoms with E-state index >= 15 is 0 Å². The summed E-state index contributed by atoms with van der Waals surface area (Å²) in [5.74, 6) is 0.462. The molecule has 0 amide bonds. The monoisotopic (exact) mass is 750 g/mol. The second kappa shape index (κ2) is 21.6. The molecule has 3 aliphatic rings. The largest absolute Gasteiger partial charge is 0.497 e. The van der Waals surface area contributed by atoms with Gasteiger partial charge in [-0.3, -0.25) is 19.5 Å². The fourth-order valence-electron chi connectivity index (χ4n) is 6.82. The molecule has 5 rings (SSSR count). The molecule has 0 spiro atoms. The number of aliphatic carboxylic acids is 2. The Morgan fingerprint density at radius 3 is 2.14 bits per heavy atom. The molecule has 1 aromatic heterocycles. The maximum Gasteiger partial charge on any atom is 0.311 e. The lowest BCUT2D eigenvalue weighted by Gasteiger charge is -2.50. The van der Waals surface area contributed by atoms with Gasteiger partial charge >= 0.3 is 11.9 Å². The molecular weight excluding hydrogens is 688 g/mol. The van der Waals surface area contributed by atoms with E-state index in [0.717, 1.165) is 73.8 Å². The maximum atomic E-state index is 11.2. The van der Waals surface area contributed by atoms with Gasteiger partial charge in [0.1, 0.15) is 5.75 Å². The Kier molecular flexibility index (Phi) is 19.6. The Hall–Kier alpha value is -2.53. The molecule has 10 heteroatoms. The van der Waals surface area contributed by atoms with Gasteiger partial charge in [-0.1, -0.05) is 82.8 Å². The quantitative estimate of drug-likeness (QED) is 0.0982. The van der Waals surface area contributed by atoms with Crippen LogP contribution in [-0.4, -0.2) is 80.4 Å². The lowest BCUT2D eigenvalue weighted by molar-refractivity contribution is -0.152. The molecule has 0 saturated carbocycles. The Bertz CT molecular complexity index is 1260. The van der Waals surface area contributed by atoms with Crippen molar-refractivity contribution in [2.45, 2.75) is 111 Å². The number of rotatable bonds is 16. The molecule has 4 N–H and O–H groups in total. The molecule has 2 aromatic rings. The van der Waals surface area contributed by atoms with Crippen molar-refractivity contribution < 1.29 is 34.8 Å². The van der Waals surface area contributed by atoms with Crippen LogP contribution in [0.1, 0.15) is 111 Å². The van der Waals surface area contributed by atoms with E-state index in [1.54, 1.807) is 20.2 Å². The van der Waals surface area contributed by atoms with Gasteiger partial charge in [0, 0.05) is 29.5 Å². The molecule has 3 fully saturated rings. The molecule has 4 heterocycles. The van der Waals surface area contributed by atoms with Gasteiger partial charge in [0.15, 0.2) is 0 Å². The van der Waals surface area contributed by atoms with Gasteiger partial charge in [-0.25, -0.2) is 0 Å². The van der Waals surface area contributed by atoms with Crippen molar-refractivity contribution in [1.29, 1.82) is 0 Å². The average Bonchev–Trinajstić information content (AvgIpc) is 3.12. The van der Waals surface area contributed by atoms with Gasteiger partial charge in [-0.15, -0.1) is 6.58 Å². The van der Waals surface area contributed by atoms with Crippen molar-refractivity contribution >= 4 is 38.8 Å². The molecule has 1 aromatic carbocycles. The summed E-state index contributed by atoms with van der Waals surface area (Å²) in [5.41, 5.74) is 0.422. The molecule has 0 radical (unpaired) electrons. The second-order valence-corrected chi connectivity index (χ2v) is 13.9. The predicted octanol–water partition coefficient (Wildman–Crippen LogP) is 8.51. The number of pyridine rings is 1. The van der Waals surface area contributed by atoms with Crippen LogP contribution in [0.5, 0.6) is 5.75 Å². The SMILES string of the molecule is C.C=CC1CN2CCC1CC2[C@@H](O)c1ccnc2ccc(OC)cc12.CCCC[C@](CC)(CBr)C(=O)O.CCCC[C@](CC)(CO)C(=O)O. The predicted molar refractivity (Wildman–Crippen MR) is 202 cm³/mol. The minimum Gasteiger partial charge on any atom is -0.497 e. The minimum absolute atomic E-state index is 0. The Labute approximate surface area is 303 Å². The summed E-state index contributed by atoms with van der Waals surface area (Å²) in [6.07, 6.45) is 12.1. The van der Waals surface area contributed by atoms with Gasteiger partial charge < -0.3 is 25.2 Å². The van der Waals surface area contributed by atoms with Crippen molar-refractivity contribution in [3.63, 3.8) is 0 Å². The molecular formula is C39H63BrN2O7. The number of hydrogen-bond acceptors (Lipinski definition) is 7. The topological polar surface area (TPSA) is 140 Å². The zero-order chi connectivity index (χ0) is 35.9. The summed E-state index contributed by atoms with van der Waals surface area (Å²) in [7, 11) is 1.66. The van der Waals surface area contributed by atoms with Crippen molar-refractivity contribution in [1.82, 2.24) is 9.88 Å². The summed E-state index contributed by atoms with van der Waals surface area (Å²) in [6, 6.07) is 7.96. The fraction of sp³-hybridized carbons (Fsp3) is 0.667. The number of benzene rings is 1. The third-order valence-corrected chi connectivity index (χ3v) is 11.7. The Balaban J connectivity index is 0.000000410. The number of fused-ring (bicyclic) bond motifs is 4. The van der Waals surface area contributed by atoms with Gasteiger partial charge in [0.2, 0.25) is 0 Å². The average molecular weight is 752 g/mol. The lowest BCUT2D eigenvalue weighted by atomic mass is 9.73.